The fourth-order valence-corrected chi connectivity index (χ4v) is 5.89. The van der Waals surface area contributed by atoms with Crippen LogP contribution in [0.2, 0.25) is 0 Å². The van der Waals surface area contributed by atoms with Gasteiger partial charge in [-0.25, -0.2) is 9.59 Å². The first-order chi connectivity index (χ1) is 16.0. The molecule has 0 heterocycles. The van der Waals surface area contributed by atoms with E-state index in [-0.39, 0.29) is 18.1 Å². The van der Waals surface area contributed by atoms with Gasteiger partial charge in [-0.1, -0.05) is 58.6 Å². The zero-order valence-corrected chi connectivity index (χ0v) is 20.8. The maximum absolute atomic E-state index is 12.0. The van der Waals surface area contributed by atoms with Gasteiger partial charge in [0.05, 0.1) is 25.4 Å². The standard InChI is InChI=1S/C28H46O5/c1-4-6-7-8-22-9-11-23(12-10-22)24-13-15-25(16-14-24)26(17-18-32-27(30)5-2)20-33-28(31)21(3)19-29/h5,22-26,29H,2-4,6-20H2,1H3. The molecule has 0 aromatic heterocycles. The summed E-state index contributed by atoms with van der Waals surface area (Å²) >= 11 is 0. The second-order valence-electron chi connectivity index (χ2n) is 10.2. The molecule has 1 N–H and O–H groups in total. The molecule has 5 heteroatoms. The van der Waals surface area contributed by atoms with Crippen LogP contribution in [0.1, 0.15) is 90.4 Å². The molecule has 0 bridgehead atoms. The number of hydrogen-bond acceptors (Lipinski definition) is 5. The zero-order valence-electron chi connectivity index (χ0n) is 20.8. The molecule has 0 saturated heterocycles. The second kappa shape index (κ2) is 15.3. The van der Waals surface area contributed by atoms with E-state index in [0.717, 1.165) is 30.6 Å². The molecule has 2 aliphatic rings. The Hall–Kier alpha value is -1.62. The maximum Gasteiger partial charge on any atom is 0.335 e. The summed E-state index contributed by atoms with van der Waals surface area (Å²) in [6.45, 7) is 9.44. The SMILES string of the molecule is C=CC(=O)OCCC(COC(=O)C(=C)CO)C1CCC(C2CCC(CCCCC)CC2)CC1. The summed E-state index contributed by atoms with van der Waals surface area (Å²) in [5, 5.41) is 9.10. The summed E-state index contributed by atoms with van der Waals surface area (Å²) in [5.41, 5.74) is 0.0702. The third-order valence-corrected chi connectivity index (χ3v) is 8.06. The molecule has 1 unspecified atom stereocenters. The zero-order chi connectivity index (χ0) is 24.1. The minimum absolute atomic E-state index is 0.0702. The van der Waals surface area contributed by atoms with Crippen molar-refractivity contribution in [2.45, 2.75) is 90.4 Å². The van der Waals surface area contributed by atoms with Crippen molar-refractivity contribution in [3.05, 3.63) is 24.8 Å². The monoisotopic (exact) mass is 462 g/mol. The smallest absolute Gasteiger partial charge is 0.335 e. The Balaban J connectivity index is 1.80. The number of esters is 2. The van der Waals surface area contributed by atoms with E-state index in [1.54, 1.807) is 0 Å². The van der Waals surface area contributed by atoms with E-state index >= 15 is 0 Å². The summed E-state index contributed by atoms with van der Waals surface area (Å²) in [7, 11) is 0. The molecule has 5 nitrogen and oxygen atoms in total. The van der Waals surface area contributed by atoms with Gasteiger partial charge in [-0.2, -0.15) is 0 Å². The van der Waals surface area contributed by atoms with Gasteiger partial charge in [0.1, 0.15) is 0 Å². The predicted molar refractivity (Wildman–Crippen MR) is 131 cm³/mol. The average molecular weight is 463 g/mol. The third kappa shape index (κ3) is 9.64. The summed E-state index contributed by atoms with van der Waals surface area (Å²) in [5.74, 6) is 2.30. The number of unbranched alkanes of at least 4 members (excludes halogenated alkanes) is 2. The summed E-state index contributed by atoms with van der Waals surface area (Å²) in [4.78, 5) is 23.4. The van der Waals surface area contributed by atoms with Gasteiger partial charge in [-0.05, 0) is 74.5 Å². The number of carbonyl (C=O) groups excluding carboxylic acids is 2. The van der Waals surface area contributed by atoms with Crippen LogP contribution in [-0.4, -0.2) is 36.9 Å². The highest BCUT2D eigenvalue weighted by Gasteiger charge is 2.33. The van der Waals surface area contributed by atoms with Crippen LogP contribution in [0, 0.1) is 29.6 Å². The minimum Gasteiger partial charge on any atom is -0.463 e. The maximum atomic E-state index is 12.0. The van der Waals surface area contributed by atoms with Gasteiger partial charge in [0.15, 0.2) is 0 Å². The number of carbonyl (C=O) groups is 2. The van der Waals surface area contributed by atoms with E-state index in [9.17, 15) is 9.59 Å². The molecule has 0 aliphatic heterocycles. The highest BCUT2D eigenvalue weighted by molar-refractivity contribution is 5.87. The minimum atomic E-state index is -0.546. The largest absolute Gasteiger partial charge is 0.463 e. The molecule has 2 rings (SSSR count). The van der Waals surface area contributed by atoms with E-state index in [1.807, 2.05) is 0 Å². The predicted octanol–water partition coefficient (Wildman–Crippen LogP) is 6.01. The van der Waals surface area contributed by atoms with Crippen molar-refractivity contribution in [3.8, 4) is 0 Å². The Labute approximate surface area is 201 Å². The second-order valence-corrected chi connectivity index (χ2v) is 10.2. The third-order valence-electron chi connectivity index (χ3n) is 8.06. The van der Waals surface area contributed by atoms with Crippen LogP contribution in [0.15, 0.2) is 24.8 Å². The van der Waals surface area contributed by atoms with Crippen molar-refractivity contribution >= 4 is 11.9 Å². The van der Waals surface area contributed by atoms with Crippen LogP contribution < -0.4 is 0 Å². The first-order valence-corrected chi connectivity index (χ1v) is 13.2. The number of rotatable bonds is 14. The van der Waals surface area contributed by atoms with Crippen LogP contribution in [0.25, 0.3) is 0 Å². The molecular formula is C28H46O5. The Morgan fingerprint density at radius 1 is 1.00 bits per heavy atom. The molecule has 2 fully saturated rings. The molecule has 188 valence electrons. The highest BCUT2D eigenvalue weighted by Crippen LogP contribution is 2.44. The van der Waals surface area contributed by atoms with Crippen molar-refractivity contribution in [2.75, 3.05) is 19.8 Å². The van der Waals surface area contributed by atoms with Crippen molar-refractivity contribution in [3.63, 3.8) is 0 Å². The lowest BCUT2D eigenvalue weighted by Gasteiger charge is -2.39. The van der Waals surface area contributed by atoms with Crippen LogP contribution in [0.4, 0.5) is 0 Å². The lowest BCUT2D eigenvalue weighted by Crippen LogP contribution is -2.31. The van der Waals surface area contributed by atoms with Gasteiger partial charge in [0, 0.05) is 6.08 Å². The van der Waals surface area contributed by atoms with Crippen LogP contribution >= 0.6 is 0 Å². The molecule has 1 atom stereocenters. The van der Waals surface area contributed by atoms with Crippen LogP contribution in [0.5, 0.6) is 0 Å². The summed E-state index contributed by atoms with van der Waals surface area (Å²) < 4.78 is 10.6. The van der Waals surface area contributed by atoms with Crippen molar-refractivity contribution in [1.82, 2.24) is 0 Å². The lowest BCUT2D eigenvalue weighted by atomic mass is 9.67. The summed E-state index contributed by atoms with van der Waals surface area (Å²) in [6, 6.07) is 0. The van der Waals surface area contributed by atoms with Gasteiger partial charge in [-0.3, -0.25) is 0 Å². The first-order valence-electron chi connectivity index (χ1n) is 13.2. The van der Waals surface area contributed by atoms with E-state index < -0.39 is 18.5 Å². The Kier molecular flexibility index (Phi) is 12.8. The molecule has 0 radical (unpaired) electrons. The Bertz CT molecular complexity index is 612. The van der Waals surface area contributed by atoms with Gasteiger partial charge < -0.3 is 14.6 Å². The van der Waals surface area contributed by atoms with Crippen LogP contribution in [0.3, 0.4) is 0 Å². The Morgan fingerprint density at radius 3 is 2.21 bits per heavy atom. The van der Waals surface area contributed by atoms with Crippen molar-refractivity contribution in [1.29, 1.82) is 0 Å². The quantitative estimate of drug-likeness (QED) is 0.194. The average Bonchev–Trinajstić information content (AvgIpc) is 2.85. The molecule has 0 aromatic rings. The van der Waals surface area contributed by atoms with E-state index in [4.69, 9.17) is 14.6 Å². The lowest BCUT2D eigenvalue weighted by molar-refractivity contribution is -0.143. The topological polar surface area (TPSA) is 72.8 Å². The normalized spacial score (nSPS) is 26.2. The molecular weight excluding hydrogens is 416 g/mol. The van der Waals surface area contributed by atoms with Gasteiger partial charge in [-0.15, -0.1) is 0 Å². The number of aliphatic hydroxyl groups is 1. The van der Waals surface area contributed by atoms with Gasteiger partial charge in [0.2, 0.25) is 0 Å². The molecule has 2 saturated carbocycles. The number of ether oxygens (including phenoxy) is 2. The molecule has 33 heavy (non-hydrogen) atoms. The molecule has 2 aliphatic carbocycles. The molecule has 0 spiro atoms. The first kappa shape index (κ1) is 27.6. The molecule has 0 aromatic carbocycles. The van der Waals surface area contributed by atoms with Crippen molar-refractivity contribution in [2.24, 2.45) is 29.6 Å². The van der Waals surface area contributed by atoms with E-state index in [0.29, 0.717) is 18.9 Å². The van der Waals surface area contributed by atoms with Gasteiger partial charge >= 0.3 is 11.9 Å². The fourth-order valence-electron chi connectivity index (χ4n) is 5.89. The van der Waals surface area contributed by atoms with Crippen molar-refractivity contribution < 1.29 is 24.2 Å². The van der Waals surface area contributed by atoms with E-state index in [1.165, 1.54) is 70.3 Å². The number of hydrogen-bond donors (Lipinski definition) is 1. The fraction of sp³-hybridized carbons (Fsp3) is 0.786. The number of aliphatic hydroxyl groups excluding tert-OH is 1. The summed E-state index contributed by atoms with van der Waals surface area (Å²) in [6.07, 6.45) is 17.7. The Morgan fingerprint density at radius 2 is 1.64 bits per heavy atom. The molecule has 0 amide bonds. The van der Waals surface area contributed by atoms with E-state index in [2.05, 4.69) is 20.1 Å². The van der Waals surface area contributed by atoms with Crippen LogP contribution in [-0.2, 0) is 19.1 Å². The van der Waals surface area contributed by atoms with Gasteiger partial charge in [0.25, 0.3) is 0 Å². The highest BCUT2D eigenvalue weighted by atomic mass is 16.5.